The number of carbonyl (C=O) groups excluding carboxylic acids is 1. The molecule has 0 saturated carbocycles. The first kappa shape index (κ1) is 23.5. The van der Waals surface area contributed by atoms with Crippen molar-refractivity contribution in [1.82, 2.24) is 14.8 Å². The van der Waals surface area contributed by atoms with Crippen molar-refractivity contribution in [2.75, 3.05) is 32.7 Å². The standard InChI is InChI=1S/C31H36FN3O/c1-21(19-34-16-13-31(22(2)20-34)12-9-24-5-3-4-6-27(24)31)23-10-14-35(15-11-23)30(36)29-18-25-17-26(32)7-8-28(25)33-29/h3-9,12,17-18,21-23,33H,10-11,13-16,19-20H2,1-2H3. The van der Waals surface area contributed by atoms with Gasteiger partial charge >= 0.3 is 0 Å². The number of nitrogens with one attached hydrogen (secondary N) is 1. The zero-order valence-electron chi connectivity index (χ0n) is 21.3. The molecule has 4 nitrogen and oxygen atoms in total. The molecule has 3 unspecified atom stereocenters. The first-order chi connectivity index (χ1) is 17.4. The third-order valence-corrected chi connectivity index (χ3v) is 9.27. The van der Waals surface area contributed by atoms with Crippen LogP contribution in [0.2, 0.25) is 0 Å². The van der Waals surface area contributed by atoms with Gasteiger partial charge in [-0.25, -0.2) is 4.39 Å². The Morgan fingerprint density at radius 2 is 1.94 bits per heavy atom. The molecule has 0 radical (unpaired) electrons. The molecule has 2 aromatic carbocycles. The Morgan fingerprint density at radius 3 is 2.75 bits per heavy atom. The highest BCUT2D eigenvalue weighted by molar-refractivity contribution is 5.98. The maximum atomic E-state index is 13.5. The number of carbonyl (C=O) groups is 1. The SMILES string of the molecule is CC(CN1CCC2(C=Cc3ccccc32)C(C)C1)C1CCN(C(=O)c2cc3cc(F)ccc3[nH]2)CC1. The number of likely N-dealkylation sites (tertiary alicyclic amines) is 2. The molecule has 1 amide bonds. The second kappa shape index (κ2) is 9.19. The highest BCUT2D eigenvalue weighted by Crippen LogP contribution is 2.47. The molecule has 5 heteroatoms. The summed E-state index contributed by atoms with van der Waals surface area (Å²) >= 11 is 0. The molecule has 188 valence electrons. The number of hydrogen-bond acceptors (Lipinski definition) is 2. The second-order valence-corrected chi connectivity index (χ2v) is 11.4. The smallest absolute Gasteiger partial charge is 0.270 e. The molecule has 0 bridgehead atoms. The molecule has 1 N–H and O–H groups in total. The number of H-pyrrole nitrogens is 1. The summed E-state index contributed by atoms with van der Waals surface area (Å²) in [5.74, 6) is 1.61. The Labute approximate surface area is 213 Å². The van der Waals surface area contributed by atoms with Gasteiger partial charge in [0.15, 0.2) is 0 Å². The molecule has 2 aliphatic heterocycles. The highest BCUT2D eigenvalue weighted by Gasteiger charge is 2.43. The van der Waals surface area contributed by atoms with E-state index in [9.17, 15) is 9.18 Å². The van der Waals surface area contributed by atoms with E-state index in [1.54, 1.807) is 12.1 Å². The summed E-state index contributed by atoms with van der Waals surface area (Å²) in [6.45, 7) is 9.82. The molecule has 2 saturated heterocycles. The van der Waals surface area contributed by atoms with Gasteiger partial charge in [-0.2, -0.15) is 0 Å². The average Bonchev–Trinajstić information content (AvgIpc) is 3.48. The molecule has 2 fully saturated rings. The van der Waals surface area contributed by atoms with E-state index in [4.69, 9.17) is 0 Å². The normalized spacial score (nSPS) is 25.5. The second-order valence-electron chi connectivity index (χ2n) is 11.4. The quantitative estimate of drug-likeness (QED) is 0.485. The third-order valence-electron chi connectivity index (χ3n) is 9.27. The molecule has 1 aliphatic carbocycles. The number of nitrogens with zero attached hydrogens (tertiary/aromatic N) is 2. The lowest BCUT2D eigenvalue weighted by molar-refractivity contribution is 0.0600. The minimum Gasteiger partial charge on any atom is -0.351 e. The molecule has 3 heterocycles. The van der Waals surface area contributed by atoms with Crippen LogP contribution in [0.3, 0.4) is 0 Å². The van der Waals surface area contributed by atoms with Gasteiger partial charge < -0.3 is 14.8 Å². The monoisotopic (exact) mass is 485 g/mol. The van der Waals surface area contributed by atoms with Crippen LogP contribution in [0, 0.1) is 23.6 Å². The Bertz CT molecular complexity index is 1300. The minimum atomic E-state index is -0.280. The molecular weight excluding hydrogens is 449 g/mol. The van der Waals surface area contributed by atoms with E-state index in [1.165, 1.54) is 29.7 Å². The number of aromatic amines is 1. The Kier molecular flexibility index (Phi) is 5.99. The van der Waals surface area contributed by atoms with Gasteiger partial charge in [-0.15, -0.1) is 0 Å². The Morgan fingerprint density at radius 1 is 1.14 bits per heavy atom. The number of halogens is 1. The number of rotatable bonds is 4. The van der Waals surface area contributed by atoms with Crippen LogP contribution in [-0.4, -0.2) is 53.4 Å². The van der Waals surface area contributed by atoms with Crippen molar-refractivity contribution in [3.8, 4) is 0 Å². The summed E-state index contributed by atoms with van der Waals surface area (Å²) in [4.78, 5) is 20.9. The fraction of sp³-hybridized carbons (Fsp3) is 0.452. The molecule has 1 spiro atoms. The van der Waals surface area contributed by atoms with Crippen LogP contribution < -0.4 is 0 Å². The van der Waals surface area contributed by atoms with E-state index in [0.29, 0.717) is 23.4 Å². The summed E-state index contributed by atoms with van der Waals surface area (Å²) in [5, 5.41) is 0.746. The zero-order valence-corrected chi connectivity index (χ0v) is 21.3. The molecule has 36 heavy (non-hydrogen) atoms. The fourth-order valence-electron chi connectivity index (χ4n) is 7.06. The minimum absolute atomic E-state index is 0.0257. The lowest BCUT2D eigenvalue weighted by Crippen LogP contribution is -2.49. The van der Waals surface area contributed by atoms with Crippen molar-refractivity contribution in [3.63, 3.8) is 0 Å². The van der Waals surface area contributed by atoms with E-state index >= 15 is 0 Å². The highest BCUT2D eigenvalue weighted by atomic mass is 19.1. The molecule has 1 aromatic heterocycles. The molecule has 3 aromatic rings. The molecular formula is C31H36FN3O. The number of amides is 1. The van der Waals surface area contributed by atoms with Gasteiger partial charge in [0.05, 0.1) is 0 Å². The predicted molar refractivity (Wildman–Crippen MR) is 143 cm³/mol. The Hall–Kier alpha value is -2.92. The molecule has 3 aliphatic rings. The summed E-state index contributed by atoms with van der Waals surface area (Å²) in [6.07, 6.45) is 8.08. The summed E-state index contributed by atoms with van der Waals surface area (Å²) < 4.78 is 13.5. The number of fused-ring (bicyclic) bond motifs is 3. The van der Waals surface area contributed by atoms with Crippen molar-refractivity contribution in [3.05, 3.63) is 77.2 Å². The van der Waals surface area contributed by atoms with Crippen molar-refractivity contribution in [1.29, 1.82) is 0 Å². The van der Waals surface area contributed by atoms with Crippen LogP contribution in [0.4, 0.5) is 4.39 Å². The largest absolute Gasteiger partial charge is 0.351 e. The average molecular weight is 486 g/mol. The number of piperidine rings is 2. The van der Waals surface area contributed by atoms with Crippen molar-refractivity contribution < 1.29 is 9.18 Å². The molecule has 3 atom stereocenters. The first-order valence-electron chi connectivity index (χ1n) is 13.5. The predicted octanol–water partition coefficient (Wildman–Crippen LogP) is 6.10. The van der Waals surface area contributed by atoms with Gasteiger partial charge in [-0.3, -0.25) is 4.79 Å². The maximum Gasteiger partial charge on any atom is 0.270 e. The van der Waals surface area contributed by atoms with Crippen molar-refractivity contribution in [2.45, 2.75) is 38.5 Å². The molecule has 6 rings (SSSR count). The van der Waals surface area contributed by atoms with Gasteiger partial charge in [-0.05, 0) is 79.0 Å². The van der Waals surface area contributed by atoms with E-state index in [2.05, 4.69) is 60.1 Å². The number of benzene rings is 2. The van der Waals surface area contributed by atoms with E-state index in [0.717, 1.165) is 56.5 Å². The maximum absolute atomic E-state index is 13.5. The van der Waals surface area contributed by atoms with Crippen molar-refractivity contribution >= 4 is 22.9 Å². The van der Waals surface area contributed by atoms with Gasteiger partial charge in [0.1, 0.15) is 11.5 Å². The lowest BCUT2D eigenvalue weighted by Gasteiger charge is -2.46. The van der Waals surface area contributed by atoms with Crippen LogP contribution in [0.5, 0.6) is 0 Å². The van der Waals surface area contributed by atoms with Crippen LogP contribution in [0.15, 0.2) is 54.6 Å². The van der Waals surface area contributed by atoms with Crippen LogP contribution in [0.1, 0.15) is 54.7 Å². The van der Waals surface area contributed by atoms with Gasteiger partial charge in [0.25, 0.3) is 5.91 Å². The number of hydrogen-bond donors (Lipinski definition) is 1. The summed E-state index contributed by atoms with van der Waals surface area (Å²) in [7, 11) is 0. The topological polar surface area (TPSA) is 39.3 Å². The van der Waals surface area contributed by atoms with Gasteiger partial charge in [0, 0.05) is 42.5 Å². The van der Waals surface area contributed by atoms with E-state index in [-0.39, 0.29) is 17.1 Å². The van der Waals surface area contributed by atoms with Crippen molar-refractivity contribution in [2.24, 2.45) is 17.8 Å². The van der Waals surface area contributed by atoms with Crippen LogP contribution in [-0.2, 0) is 5.41 Å². The number of allylic oxidation sites excluding steroid dienone is 1. The van der Waals surface area contributed by atoms with E-state index < -0.39 is 0 Å². The lowest BCUT2D eigenvalue weighted by atomic mass is 9.68. The number of aromatic nitrogens is 1. The van der Waals surface area contributed by atoms with Gasteiger partial charge in [-0.1, -0.05) is 50.3 Å². The third kappa shape index (κ3) is 4.07. The summed E-state index contributed by atoms with van der Waals surface area (Å²) in [6, 6.07) is 15.3. The Balaban J connectivity index is 1.03. The van der Waals surface area contributed by atoms with E-state index in [1.807, 2.05) is 4.90 Å². The summed E-state index contributed by atoms with van der Waals surface area (Å²) in [5.41, 5.74) is 4.48. The van der Waals surface area contributed by atoms with Gasteiger partial charge in [0.2, 0.25) is 0 Å². The van der Waals surface area contributed by atoms with Crippen LogP contribution >= 0.6 is 0 Å². The zero-order chi connectivity index (χ0) is 24.9. The fourth-order valence-corrected chi connectivity index (χ4v) is 7.06. The first-order valence-corrected chi connectivity index (χ1v) is 13.5. The van der Waals surface area contributed by atoms with Crippen LogP contribution in [0.25, 0.3) is 17.0 Å².